The number of amides is 1. The number of esters is 1. The van der Waals surface area contributed by atoms with Crippen molar-refractivity contribution in [1.82, 2.24) is 5.43 Å². The second-order valence-electron chi connectivity index (χ2n) is 6.66. The number of hydrazone groups is 1. The molecule has 3 rings (SSSR count). The van der Waals surface area contributed by atoms with Crippen molar-refractivity contribution in [2.75, 3.05) is 6.61 Å². The van der Waals surface area contributed by atoms with E-state index in [-0.39, 0.29) is 17.1 Å². The minimum absolute atomic E-state index is 0.0944. The molecule has 3 aromatic rings. The van der Waals surface area contributed by atoms with Gasteiger partial charge in [0.2, 0.25) is 0 Å². The molecule has 0 fully saturated rings. The van der Waals surface area contributed by atoms with Crippen LogP contribution in [0.4, 0.5) is 0 Å². The molecule has 32 heavy (non-hydrogen) atoms. The molecule has 0 radical (unpaired) electrons. The van der Waals surface area contributed by atoms with Crippen molar-refractivity contribution in [3.8, 4) is 17.2 Å². The van der Waals surface area contributed by atoms with Crippen LogP contribution < -0.4 is 14.9 Å². The van der Waals surface area contributed by atoms with Gasteiger partial charge in [-0.3, -0.25) is 4.79 Å². The third kappa shape index (κ3) is 6.18. The topological polar surface area (TPSA) is 97.2 Å². The van der Waals surface area contributed by atoms with E-state index in [0.717, 1.165) is 10.9 Å². The highest BCUT2D eigenvalue weighted by Gasteiger charge is 2.13. The number of halogens is 1. The third-order valence-corrected chi connectivity index (χ3v) is 4.75. The molecule has 0 spiro atoms. The van der Waals surface area contributed by atoms with E-state index in [1.54, 1.807) is 54.6 Å². The molecule has 0 heterocycles. The summed E-state index contributed by atoms with van der Waals surface area (Å²) >= 11 is 3.37. The van der Waals surface area contributed by atoms with Crippen LogP contribution in [0.5, 0.6) is 17.2 Å². The summed E-state index contributed by atoms with van der Waals surface area (Å²) in [7, 11) is 0. The smallest absolute Gasteiger partial charge is 0.343 e. The third-order valence-electron chi connectivity index (χ3n) is 4.26. The monoisotopic (exact) mass is 496 g/mol. The Bertz CT molecular complexity index is 1130. The van der Waals surface area contributed by atoms with Crippen LogP contribution in [0.25, 0.3) is 0 Å². The van der Waals surface area contributed by atoms with Gasteiger partial charge in [0.15, 0.2) is 0 Å². The summed E-state index contributed by atoms with van der Waals surface area (Å²) in [6.45, 7) is 2.62. The fraction of sp³-hybridized carbons (Fsp3) is 0.125. The lowest BCUT2D eigenvalue weighted by Crippen LogP contribution is -2.17. The summed E-state index contributed by atoms with van der Waals surface area (Å²) in [5.74, 6) is -0.311. The van der Waals surface area contributed by atoms with Crippen molar-refractivity contribution in [2.45, 2.75) is 13.3 Å². The molecule has 0 aliphatic heterocycles. The predicted octanol–water partition coefficient (Wildman–Crippen LogP) is 4.93. The van der Waals surface area contributed by atoms with Crippen LogP contribution in [0, 0.1) is 0 Å². The van der Waals surface area contributed by atoms with Gasteiger partial charge < -0.3 is 14.6 Å². The summed E-state index contributed by atoms with van der Waals surface area (Å²) in [4.78, 5) is 24.7. The van der Waals surface area contributed by atoms with Crippen LogP contribution in [-0.2, 0) is 0 Å². The Kier molecular flexibility index (Phi) is 7.99. The number of para-hydroxylation sites is 1. The number of hydrogen-bond donors (Lipinski definition) is 2. The fourth-order valence-electron chi connectivity index (χ4n) is 2.67. The van der Waals surface area contributed by atoms with Crippen molar-refractivity contribution in [3.63, 3.8) is 0 Å². The summed E-state index contributed by atoms with van der Waals surface area (Å²) in [6.07, 6.45) is 2.25. The second kappa shape index (κ2) is 11.1. The van der Waals surface area contributed by atoms with Crippen LogP contribution in [-0.4, -0.2) is 29.8 Å². The molecule has 8 heteroatoms. The largest absolute Gasteiger partial charge is 0.507 e. The molecule has 0 unspecified atom stereocenters. The van der Waals surface area contributed by atoms with E-state index < -0.39 is 11.9 Å². The number of benzene rings is 3. The van der Waals surface area contributed by atoms with Gasteiger partial charge in [-0.15, -0.1) is 0 Å². The highest BCUT2D eigenvalue weighted by atomic mass is 79.9. The van der Waals surface area contributed by atoms with Crippen molar-refractivity contribution >= 4 is 34.0 Å². The van der Waals surface area contributed by atoms with Crippen molar-refractivity contribution < 1.29 is 24.2 Å². The Balaban J connectivity index is 1.70. The Morgan fingerprint density at radius 2 is 1.84 bits per heavy atom. The van der Waals surface area contributed by atoms with E-state index in [2.05, 4.69) is 26.5 Å². The minimum Gasteiger partial charge on any atom is -0.507 e. The average molecular weight is 497 g/mol. The lowest BCUT2D eigenvalue weighted by Gasteiger charge is -2.09. The average Bonchev–Trinajstić information content (AvgIpc) is 2.80. The number of carbonyl (C=O) groups is 2. The first-order chi connectivity index (χ1) is 15.5. The first-order valence-electron chi connectivity index (χ1n) is 9.84. The van der Waals surface area contributed by atoms with E-state index in [0.29, 0.717) is 23.5 Å². The Hall–Kier alpha value is -3.65. The lowest BCUT2D eigenvalue weighted by molar-refractivity contribution is 0.0734. The van der Waals surface area contributed by atoms with Gasteiger partial charge in [0, 0.05) is 10.0 Å². The van der Waals surface area contributed by atoms with Gasteiger partial charge in [-0.25, -0.2) is 10.2 Å². The Labute approximate surface area is 193 Å². The summed E-state index contributed by atoms with van der Waals surface area (Å²) in [5, 5.41) is 13.7. The van der Waals surface area contributed by atoms with E-state index in [4.69, 9.17) is 9.47 Å². The van der Waals surface area contributed by atoms with Crippen LogP contribution in [0.3, 0.4) is 0 Å². The number of aromatic hydroxyl groups is 1. The van der Waals surface area contributed by atoms with E-state index in [1.165, 1.54) is 18.3 Å². The number of nitrogens with one attached hydrogen (secondary N) is 1. The maximum Gasteiger partial charge on any atom is 0.343 e. The molecule has 3 aromatic carbocycles. The normalized spacial score (nSPS) is 10.7. The quantitative estimate of drug-likeness (QED) is 0.199. The molecular formula is C24H21BrN2O5. The summed E-state index contributed by atoms with van der Waals surface area (Å²) in [6, 6.07) is 17.9. The number of hydrogen-bond acceptors (Lipinski definition) is 6. The van der Waals surface area contributed by atoms with E-state index in [1.807, 2.05) is 6.92 Å². The molecule has 1 amide bonds. The van der Waals surface area contributed by atoms with Gasteiger partial charge in [0.1, 0.15) is 17.2 Å². The van der Waals surface area contributed by atoms with Gasteiger partial charge >= 0.3 is 5.97 Å². The lowest BCUT2D eigenvalue weighted by atomic mass is 10.2. The molecule has 0 saturated heterocycles. The molecule has 2 N–H and O–H groups in total. The first kappa shape index (κ1) is 23.0. The van der Waals surface area contributed by atoms with Crippen LogP contribution in [0.15, 0.2) is 76.3 Å². The Morgan fingerprint density at radius 3 is 2.56 bits per heavy atom. The van der Waals surface area contributed by atoms with E-state index in [9.17, 15) is 14.7 Å². The molecule has 7 nitrogen and oxygen atoms in total. The number of nitrogens with zero attached hydrogens (tertiary/aromatic N) is 1. The van der Waals surface area contributed by atoms with Crippen molar-refractivity contribution in [1.29, 1.82) is 0 Å². The molecule has 0 atom stereocenters. The Morgan fingerprint density at radius 1 is 1.09 bits per heavy atom. The maximum atomic E-state index is 12.6. The zero-order valence-electron chi connectivity index (χ0n) is 17.2. The highest BCUT2D eigenvalue weighted by molar-refractivity contribution is 9.10. The molecular weight excluding hydrogens is 476 g/mol. The minimum atomic E-state index is -0.571. The summed E-state index contributed by atoms with van der Waals surface area (Å²) < 4.78 is 11.8. The van der Waals surface area contributed by atoms with Gasteiger partial charge in [-0.05, 0) is 61.0 Å². The zero-order chi connectivity index (χ0) is 22.9. The maximum absolute atomic E-state index is 12.6. The number of phenols is 1. The molecule has 0 aliphatic rings. The number of ether oxygens (including phenoxy) is 2. The zero-order valence-corrected chi connectivity index (χ0v) is 18.8. The van der Waals surface area contributed by atoms with Crippen LogP contribution in [0.1, 0.15) is 39.6 Å². The molecule has 0 aromatic heterocycles. The van der Waals surface area contributed by atoms with Crippen LogP contribution >= 0.6 is 15.9 Å². The van der Waals surface area contributed by atoms with Gasteiger partial charge in [-0.2, -0.15) is 5.10 Å². The standard InChI is InChI=1S/C24H21BrN2O5/c1-2-13-31-19-10-7-16(8-11-19)24(30)32-22-12-9-18(25)14-17(22)15-26-27-23(29)20-5-3-4-6-21(20)28/h3-12,14-15,28H,2,13H2,1H3,(H,27,29). The SMILES string of the molecule is CCCOc1ccc(C(=O)Oc2ccc(Br)cc2C=NNC(=O)c2ccccc2O)cc1. The molecule has 0 aliphatic carbocycles. The second-order valence-corrected chi connectivity index (χ2v) is 7.58. The molecule has 0 saturated carbocycles. The van der Waals surface area contributed by atoms with Crippen molar-refractivity contribution in [2.24, 2.45) is 5.10 Å². The van der Waals surface area contributed by atoms with Gasteiger partial charge in [0.05, 0.1) is 23.9 Å². The summed E-state index contributed by atoms with van der Waals surface area (Å²) in [5.41, 5.74) is 3.27. The fourth-order valence-corrected chi connectivity index (χ4v) is 3.04. The van der Waals surface area contributed by atoms with Crippen LogP contribution in [0.2, 0.25) is 0 Å². The predicted molar refractivity (Wildman–Crippen MR) is 124 cm³/mol. The van der Waals surface area contributed by atoms with Gasteiger partial charge in [0.25, 0.3) is 5.91 Å². The van der Waals surface area contributed by atoms with Gasteiger partial charge in [-0.1, -0.05) is 35.0 Å². The molecule has 0 bridgehead atoms. The first-order valence-corrected chi connectivity index (χ1v) is 10.6. The van der Waals surface area contributed by atoms with Crippen molar-refractivity contribution in [3.05, 3.63) is 87.9 Å². The number of rotatable bonds is 8. The number of carbonyl (C=O) groups excluding carboxylic acids is 2. The van der Waals surface area contributed by atoms with E-state index >= 15 is 0 Å². The number of phenolic OH excluding ortho intramolecular Hbond substituents is 1. The molecule has 164 valence electrons. The highest BCUT2D eigenvalue weighted by Crippen LogP contribution is 2.23.